The van der Waals surface area contributed by atoms with Crippen molar-refractivity contribution in [2.24, 2.45) is 11.8 Å². The SMILES string of the molecule is CSCC1C[C@@H](C)N(N)C1. The van der Waals surface area contributed by atoms with Crippen LogP contribution in [0.5, 0.6) is 0 Å². The standard InChI is InChI=1S/C7H16N2S/c1-6-3-7(5-10-2)4-9(6)8/h6-7H,3-5,8H2,1-2H3/t6-,7?/m1/s1. The first kappa shape index (κ1) is 8.37. The summed E-state index contributed by atoms with van der Waals surface area (Å²) in [5, 5.41) is 1.96. The van der Waals surface area contributed by atoms with E-state index in [0.717, 1.165) is 12.5 Å². The molecule has 0 bridgehead atoms. The van der Waals surface area contributed by atoms with E-state index in [1.165, 1.54) is 12.2 Å². The molecule has 0 amide bonds. The van der Waals surface area contributed by atoms with E-state index < -0.39 is 0 Å². The van der Waals surface area contributed by atoms with Gasteiger partial charge in [0.05, 0.1) is 0 Å². The summed E-state index contributed by atoms with van der Waals surface area (Å²) in [4.78, 5) is 0. The van der Waals surface area contributed by atoms with Gasteiger partial charge in [-0.15, -0.1) is 0 Å². The molecule has 10 heavy (non-hydrogen) atoms. The van der Waals surface area contributed by atoms with E-state index in [9.17, 15) is 0 Å². The fourth-order valence-corrected chi connectivity index (χ4v) is 2.24. The normalized spacial score (nSPS) is 35.1. The van der Waals surface area contributed by atoms with Crippen LogP contribution in [0.4, 0.5) is 0 Å². The number of hydrogen-bond donors (Lipinski definition) is 1. The Bertz CT molecular complexity index is 97.8. The van der Waals surface area contributed by atoms with Crippen LogP contribution in [0.25, 0.3) is 0 Å². The number of nitrogens with two attached hydrogens (primary N) is 1. The minimum absolute atomic E-state index is 0.595. The average molecular weight is 160 g/mol. The van der Waals surface area contributed by atoms with Gasteiger partial charge in [-0.1, -0.05) is 0 Å². The summed E-state index contributed by atoms with van der Waals surface area (Å²) < 4.78 is 0. The van der Waals surface area contributed by atoms with Gasteiger partial charge >= 0.3 is 0 Å². The molecule has 2 atom stereocenters. The molecular weight excluding hydrogens is 144 g/mol. The van der Waals surface area contributed by atoms with Gasteiger partial charge in [0.2, 0.25) is 0 Å². The van der Waals surface area contributed by atoms with E-state index in [1.807, 2.05) is 16.8 Å². The maximum absolute atomic E-state index is 5.72. The molecule has 0 aromatic heterocycles. The third-order valence-electron chi connectivity index (χ3n) is 2.11. The summed E-state index contributed by atoms with van der Waals surface area (Å²) in [6.07, 6.45) is 3.43. The third-order valence-corrected chi connectivity index (χ3v) is 2.92. The fraction of sp³-hybridized carbons (Fsp3) is 1.00. The summed E-state index contributed by atoms with van der Waals surface area (Å²) in [6, 6.07) is 0.595. The Balaban J connectivity index is 2.27. The molecule has 1 saturated heterocycles. The first-order valence-corrected chi connectivity index (χ1v) is 5.13. The van der Waals surface area contributed by atoms with Crippen LogP contribution in [0.1, 0.15) is 13.3 Å². The number of hydrazine groups is 1. The van der Waals surface area contributed by atoms with Crippen LogP contribution in [0.2, 0.25) is 0 Å². The predicted molar refractivity (Wildman–Crippen MR) is 46.8 cm³/mol. The van der Waals surface area contributed by atoms with Crippen molar-refractivity contribution in [1.82, 2.24) is 5.01 Å². The highest BCUT2D eigenvalue weighted by Gasteiger charge is 2.25. The van der Waals surface area contributed by atoms with Gasteiger partial charge < -0.3 is 0 Å². The molecule has 1 fully saturated rings. The summed E-state index contributed by atoms with van der Waals surface area (Å²) in [5.41, 5.74) is 0. The van der Waals surface area contributed by atoms with Crippen LogP contribution < -0.4 is 5.84 Å². The molecule has 1 rings (SSSR count). The van der Waals surface area contributed by atoms with Gasteiger partial charge in [-0.05, 0) is 31.3 Å². The molecule has 0 aromatic carbocycles. The molecular formula is C7H16N2S. The first-order valence-electron chi connectivity index (χ1n) is 3.74. The minimum Gasteiger partial charge on any atom is -0.269 e. The van der Waals surface area contributed by atoms with Crippen LogP contribution in [-0.2, 0) is 0 Å². The molecule has 1 unspecified atom stereocenters. The van der Waals surface area contributed by atoms with E-state index in [-0.39, 0.29) is 0 Å². The molecule has 0 radical (unpaired) electrons. The Morgan fingerprint density at radius 3 is 2.80 bits per heavy atom. The van der Waals surface area contributed by atoms with Gasteiger partial charge in [-0.2, -0.15) is 11.8 Å². The number of thioether (sulfide) groups is 1. The van der Waals surface area contributed by atoms with E-state index in [2.05, 4.69) is 13.2 Å². The van der Waals surface area contributed by atoms with Crippen molar-refractivity contribution in [3.8, 4) is 0 Å². The van der Waals surface area contributed by atoms with Gasteiger partial charge in [-0.3, -0.25) is 5.84 Å². The highest BCUT2D eigenvalue weighted by molar-refractivity contribution is 7.98. The predicted octanol–water partition coefficient (Wildman–Crippen LogP) is 0.934. The van der Waals surface area contributed by atoms with Gasteiger partial charge in [0.15, 0.2) is 0 Å². The first-order chi connectivity index (χ1) is 4.74. The average Bonchev–Trinajstić information content (AvgIpc) is 2.14. The lowest BCUT2D eigenvalue weighted by molar-refractivity contribution is 0.275. The molecule has 0 saturated carbocycles. The second-order valence-electron chi connectivity index (χ2n) is 3.10. The third kappa shape index (κ3) is 1.87. The molecule has 2 N–H and O–H groups in total. The monoisotopic (exact) mass is 160 g/mol. The lowest BCUT2D eigenvalue weighted by Crippen LogP contribution is -2.34. The van der Waals surface area contributed by atoms with Gasteiger partial charge in [-0.25, -0.2) is 5.01 Å². The Labute approximate surface area is 67.1 Å². The highest BCUT2D eigenvalue weighted by Crippen LogP contribution is 2.22. The topological polar surface area (TPSA) is 29.3 Å². The van der Waals surface area contributed by atoms with Gasteiger partial charge in [0.1, 0.15) is 0 Å². The maximum atomic E-state index is 5.72. The summed E-state index contributed by atoms with van der Waals surface area (Å²) in [7, 11) is 0. The summed E-state index contributed by atoms with van der Waals surface area (Å²) in [6.45, 7) is 3.28. The molecule has 60 valence electrons. The van der Waals surface area contributed by atoms with Crippen molar-refractivity contribution in [3.63, 3.8) is 0 Å². The van der Waals surface area contributed by atoms with Crippen molar-refractivity contribution in [2.45, 2.75) is 19.4 Å². The Morgan fingerprint density at radius 1 is 1.70 bits per heavy atom. The van der Waals surface area contributed by atoms with E-state index in [4.69, 9.17) is 5.84 Å². The lowest BCUT2D eigenvalue weighted by Gasteiger charge is -2.12. The highest BCUT2D eigenvalue weighted by atomic mass is 32.2. The maximum Gasteiger partial charge on any atom is 0.0216 e. The van der Waals surface area contributed by atoms with Crippen molar-refractivity contribution >= 4 is 11.8 Å². The van der Waals surface area contributed by atoms with Crippen molar-refractivity contribution in [1.29, 1.82) is 0 Å². The number of rotatable bonds is 2. The molecule has 0 spiro atoms. The smallest absolute Gasteiger partial charge is 0.0216 e. The van der Waals surface area contributed by atoms with Crippen LogP contribution in [0, 0.1) is 5.92 Å². The van der Waals surface area contributed by atoms with E-state index >= 15 is 0 Å². The number of hydrogen-bond acceptors (Lipinski definition) is 3. The van der Waals surface area contributed by atoms with Crippen LogP contribution in [0.3, 0.4) is 0 Å². The largest absolute Gasteiger partial charge is 0.269 e. The molecule has 1 heterocycles. The van der Waals surface area contributed by atoms with Crippen molar-refractivity contribution < 1.29 is 0 Å². The van der Waals surface area contributed by atoms with Crippen LogP contribution in [-0.4, -0.2) is 29.6 Å². The minimum atomic E-state index is 0.595. The molecule has 3 heteroatoms. The zero-order valence-corrected chi connectivity index (χ0v) is 7.53. The summed E-state index contributed by atoms with van der Waals surface area (Å²) in [5.74, 6) is 7.81. The van der Waals surface area contributed by atoms with E-state index in [1.54, 1.807) is 0 Å². The number of nitrogens with zero attached hydrogens (tertiary/aromatic N) is 1. The zero-order chi connectivity index (χ0) is 7.56. The molecule has 2 nitrogen and oxygen atoms in total. The quantitative estimate of drug-likeness (QED) is 0.609. The molecule has 1 aliphatic heterocycles. The fourth-order valence-electron chi connectivity index (χ4n) is 1.53. The van der Waals surface area contributed by atoms with E-state index in [0.29, 0.717) is 6.04 Å². The molecule has 1 aliphatic rings. The molecule has 0 aromatic rings. The lowest BCUT2D eigenvalue weighted by atomic mass is 10.1. The van der Waals surface area contributed by atoms with Gasteiger partial charge in [0.25, 0.3) is 0 Å². The van der Waals surface area contributed by atoms with Crippen LogP contribution in [0.15, 0.2) is 0 Å². The van der Waals surface area contributed by atoms with Crippen molar-refractivity contribution in [2.75, 3.05) is 18.6 Å². The Morgan fingerprint density at radius 2 is 2.40 bits per heavy atom. The second-order valence-corrected chi connectivity index (χ2v) is 4.01. The summed E-state index contributed by atoms with van der Waals surface area (Å²) >= 11 is 1.92. The molecule has 0 aliphatic carbocycles. The Hall–Kier alpha value is 0.270. The van der Waals surface area contributed by atoms with Crippen molar-refractivity contribution in [3.05, 3.63) is 0 Å². The van der Waals surface area contributed by atoms with Crippen LogP contribution >= 0.6 is 11.8 Å². The zero-order valence-electron chi connectivity index (χ0n) is 6.71. The van der Waals surface area contributed by atoms with Gasteiger partial charge in [0, 0.05) is 12.6 Å². The Kier molecular flexibility index (Phi) is 3.01. The second kappa shape index (κ2) is 3.60.